The summed E-state index contributed by atoms with van der Waals surface area (Å²) in [5.74, 6) is 0.0142. The molecule has 3 N–H and O–H groups in total. The van der Waals surface area contributed by atoms with Gasteiger partial charge in [-0.05, 0) is 31.4 Å². The molecule has 2 aromatic heterocycles. The van der Waals surface area contributed by atoms with Crippen LogP contribution in [0.4, 0.5) is 30.5 Å². The number of carbonyl (C=O) groups is 2. The number of aryl methyl sites for hydroxylation is 1. The number of halogens is 3. The molecule has 4 heterocycles. The summed E-state index contributed by atoms with van der Waals surface area (Å²) in [6.07, 6.45) is -1.05. The summed E-state index contributed by atoms with van der Waals surface area (Å²) in [4.78, 5) is 47.7. The first-order chi connectivity index (χ1) is 16.5. The Morgan fingerprint density at radius 2 is 1.86 bits per heavy atom. The van der Waals surface area contributed by atoms with E-state index in [0.29, 0.717) is 11.4 Å². The quantitative estimate of drug-likeness (QED) is 0.586. The average molecular weight is 491 g/mol. The Bertz CT molecular complexity index is 1250. The molecule has 186 valence electrons. The predicted octanol–water partition coefficient (Wildman–Crippen LogP) is 2.09. The molecule has 2 amide bonds. The van der Waals surface area contributed by atoms with Gasteiger partial charge in [-0.15, -0.1) is 0 Å². The number of hydrogen-bond acceptors (Lipinski definition) is 7. The number of fused-ring (bicyclic) bond motifs is 2. The van der Waals surface area contributed by atoms with E-state index in [1.807, 2.05) is 0 Å². The third-order valence-corrected chi connectivity index (χ3v) is 6.60. The molecule has 5 rings (SSSR count). The van der Waals surface area contributed by atoms with E-state index in [0.717, 1.165) is 12.8 Å². The molecule has 10 nitrogen and oxygen atoms in total. The van der Waals surface area contributed by atoms with Crippen molar-refractivity contribution in [2.75, 3.05) is 30.3 Å². The molecule has 0 radical (unpaired) electrons. The third kappa shape index (κ3) is 4.59. The average Bonchev–Trinajstić information content (AvgIpc) is 3.58. The molecule has 13 heteroatoms. The van der Waals surface area contributed by atoms with Gasteiger partial charge in [0.1, 0.15) is 35.0 Å². The molecule has 1 saturated carbocycles. The Balaban J connectivity index is 1.42. The fourth-order valence-corrected chi connectivity index (χ4v) is 4.74. The number of rotatable bonds is 5. The molecule has 35 heavy (non-hydrogen) atoms. The zero-order valence-corrected chi connectivity index (χ0v) is 18.9. The second-order valence-electron chi connectivity index (χ2n) is 9.28. The Kier molecular flexibility index (Phi) is 5.54. The highest BCUT2D eigenvalue weighted by atomic mass is 19.4. The number of hydrogen-bond donors (Lipinski definition) is 3. The molecule has 0 unspecified atom stereocenters. The Morgan fingerprint density at radius 1 is 1.17 bits per heavy atom. The maximum atomic E-state index is 13.5. The second kappa shape index (κ2) is 8.33. The van der Waals surface area contributed by atoms with E-state index in [4.69, 9.17) is 0 Å². The van der Waals surface area contributed by atoms with Crippen molar-refractivity contribution in [1.82, 2.24) is 24.8 Å². The summed E-state index contributed by atoms with van der Waals surface area (Å²) >= 11 is 0. The number of piperidine rings is 1. The molecular formula is C22H24F3N7O3. The lowest BCUT2D eigenvalue weighted by Gasteiger charge is -2.40. The SMILES string of the molecule is Cc1cc(Nc2cc(NC(=O)C3CC3)ncn2)c(=O)n2c1C(=O)NC21CCN(CC(F)(F)F)CC1. The lowest BCUT2D eigenvalue weighted by Crippen LogP contribution is -2.55. The van der Waals surface area contributed by atoms with Crippen molar-refractivity contribution < 1.29 is 22.8 Å². The monoisotopic (exact) mass is 491 g/mol. The van der Waals surface area contributed by atoms with Crippen LogP contribution in [0.15, 0.2) is 23.3 Å². The largest absolute Gasteiger partial charge is 0.401 e. The lowest BCUT2D eigenvalue weighted by molar-refractivity contribution is -0.150. The van der Waals surface area contributed by atoms with Gasteiger partial charge in [-0.25, -0.2) is 9.97 Å². The number of anilines is 3. The van der Waals surface area contributed by atoms with Gasteiger partial charge in [0.2, 0.25) is 5.91 Å². The van der Waals surface area contributed by atoms with E-state index in [1.165, 1.54) is 27.9 Å². The molecule has 1 spiro atoms. The predicted molar refractivity (Wildman–Crippen MR) is 119 cm³/mol. The Hall–Kier alpha value is -3.48. The molecule has 0 atom stereocenters. The first-order valence-electron chi connectivity index (χ1n) is 11.3. The van der Waals surface area contributed by atoms with E-state index < -0.39 is 29.9 Å². The van der Waals surface area contributed by atoms with Gasteiger partial charge in [0.25, 0.3) is 11.5 Å². The van der Waals surface area contributed by atoms with Gasteiger partial charge >= 0.3 is 6.18 Å². The van der Waals surface area contributed by atoms with Gasteiger partial charge in [-0.3, -0.25) is 23.9 Å². The summed E-state index contributed by atoms with van der Waals surface area (Å²) in [7, 11) is 0. The van der Waals surface area contributed by atoms with Crippen molar-refractivity contribution in [1.29, 1.82) is 0 Å². The van der Waals surface area contributed by atoms with Crippen molar-refractivity contribution in [3.8, 4) is 0 Å². The number of nitrogens with zero attached hydrogens (tertiary/aromatic N) is 4. The van der Waals surface area contributed by atoms with Crippen molar-refractivity contribution in [3.63, 3.8) is 0 Å². The zero-order valence-electron chi connectivity index (χ0n) is 18.9. The van der Waals surface area contributed by atoms with Gasteiger partial charge in [0.05, 0.1) is 6.54 Å². The highest BCUT2D eigenvalue weighted by Gasteiger charge is 2.47. The Morgan fingerprint density at radius 3 is 2.51 bits per heavy atom. The molecule has 2 fully saturated rings. The van der Waals surface area contributed by atoms with Gasteiger partial charge in [-0.2, -0.15) is 13.2 Å². The van der Waals surface area contributed by atoms with Crippen LogP contribution in [0.1, 0.15) is 41.7 Å². The van der Waals surface area contributed by atoms with Crippen LogP contribution in [0.25, 0.3) is 0 Å². The maximum absolute atomic E-state index is 13.5. The van der Waals surface area contributed by atoms with Crippen LogP contribution in [-0.2, 0) is 10.5 Å². The maximum Gasteiger partial charge on any atom is 0.401 e. The van der Waals surface area contributed by atoms with Crippen molar-refractivity contribution >= 4 is 29.1 Å². The number of nitrogens with one attached hydrogen (secondary N) is 3. The van der Waals surface area contributed by atoms with E-state index in [1.54, 1.807) is 6.92 Å². The lowest BCUT2D eigenvalue weighted by atomic mass is 9.96. The first-order valence-corrected chi connectivity index (χ1v) is 11.3. The fraction of sp³-hybridized carbons (Fsp3) is 0.500. The van der Waals surface area contributed by atoms with Gasteiger partial charge in [0, 0.05) is 37.9 Å². The molecule has 3 aliphatic rings. The summed E-state index contributed by atoms with van der Waals surface area (Å²) in [6, 6.07) is 3.04. The minimum atomic E-state index is -4.32. The highest BCUT2D eigenvalue weighted by molar-refractivity contribution is 5.97. The van der Waals surface area contributed by atoms with Gasteiger partial charge < -0.3 is 16.0 Å². The number of carbonyl (C=O) groups excluding carboxylic acids is 2. The normalized spacial score (nSPS) is 19.4. The van der Waals surface area contributed by atoms with Crippen LogP contribution in [0, 0.1) is 12.8 Å². The molecule has 1 aliphatic carbocycles. The van der Waals surface area contributed by atoms with Crippen LogP contribution >= 0.6 is 0 Å². The fourth-order valence-electron chi connectivity index (χ4n) is 4.74. The number of aromatic nitrogens is 3. The minimum absolute atomic E-state index is 0.00541. The third-order valence-electron chi connectivity index (χ3n) is 6.60. The van der Waals surface area contributed by atoms with Crippen LogP contribution < -0.4 is 21.5 Å². The number of amides is 2. The topological polar surface area (TPSA) is 121 Å². The smallest absolute Gasteiger partial charge is 0.336 e. The van der Waals surface area contributed by atoms with Gasteiger partial charge in [0.15, 0.2) is 0 Å². The summed E-state index contributed by atoms with van der Waals surface area (Å²) < 4.78 is 39.8. The zero-order chi connectivity index (χ0) is 25.0. The number of pyridine rings is 1. The molecule has 1 saturated heterocycles. The second-order valence-corrected chi connectivity index (χ2v) is 9.28. The van der Waals surface area contributed by atoms with Crippen LogP contribution in [0.5, 0.6) is 0 Å². The first kappa shape index (κ1) is 23.3. The Labute approximate surface area is 197 Å². The van der Waals surface area contributed by atoms with Crippen molar-refractivity contribution in [3.05, 3.63) is 40.1 Å². The van der Waals surface area contributed by atoms with Gasteiger partial charge in [-0.1, -0.05) is 0 Å². The highest BCUT2D eigenvalue weighted by Crippen LogP contribution is 2.35. The minimum Gasteiger partial charge on any atom is -0.336 e. The number of alkyl halides is 3. The molecule has 0 bridgehead atoms. The van der Waals surface area contributed by atoms with E-state index in [9.17, 15) is 27.6 Å². The molecule has 0 aromatic carbocycles. The van der Waals surface area contributed by atoms with Crippen LogP contribution in [-0.4, -0.2) is 57.1 Å². The summed E-state index contributed by atoms with van der Waals surface area (Å²) in [5.41, 5.74) is -0.697. The standard InChI is InChI=1S/C22H24F3N7O3/c1-12-8-14(28-15-9-16(27-11-26-15)29-18(33)13-2-3-13)20(35)32-17(12)19(34)30-21(32)4-6-31(7-5-21)10-22(23,24)25/h8-9,11,13H,2-7,10H2,1H3,(H,30,34)(H2,26,27,28,29,33). The molecule has 2 aliphatic heterocycles. The molecule has 2 aromatic rings. The van der Waals surface area contributed by atoms with Crippen LogP contribution in [0.2, 0.25) is 0 Å². The number of likely N-dealkylation sites (tertiary alicyclic amines) is 1. The van der Waals surface area contributed by atoms with E-state index >= 15 is 0 Å². The van der Waals surface area contributed by atoms with E-state index in [2.05, 4.69) is 25.9 Å². The van der Waals surface area contributed by atoms with Crippen LogP contribution in [0.3, 0.4) is 0 Å². The van der Waals surface area contributed by atoms with E-state index in [-0.39, 0.29) is 55.0 Å². The molecular weight excluding hydrogens is 467 g/mol. The summed E-state index contributed by atoms with van der Waals surface area (Å²) in [5, 5.41) is 8.51. The van der Waals surface area contributed by atoms with Crippen molar-refractivity contribution in [2.24, 2.45) is 5.92 Å². The summed E-state index contributed by atoms with van der Waals surface area (Å²) in [6.45, 7) is 0.818. The van der Waals surface area contributed by atoms with Crippen molar-refractivity contribution in [2.45, 2.75) is 44.4 Å².